The maximum atomic E-state index is 6.11. The summed E-state index contributed by atoms with van der Waals surface area (Å²) >= 11 is 0. The van der Waals surface area contributed by atoms with Crippen LogP contribution in [0.4, 0.5) is 0 Å². The van der Waals surface area contributed by atoms with Gasteiger partial charge in [0.1, 0.15) is 36.9 Å². The zero-order valence-electron chi connectivity index (χ0n) is 20.3. The molecule has 0 radical (unpaired) electrons. The summed E-state index contributed by atoms with van der Waals surface area (Å²) in [4.78, 5) is 0. The van der Waals surface area contributed by atoms with E-state index in [1.165, 1.54) is 53.5 Å². The number of unbranched alkanes of at least 4 members (excludes halogenated alkanes) is 3. The first-order chi connectivity index (χ1) is 16.8. The predicted octanol–water partition coefficient (Wildman–Crippen LogP) is 6.63. The SMILES string of the molecule is CCCCCCc1cc(C2=CCC(c3ccc(OCC4CO4)cc3)=CC2)ccc1OCC1CO1. The normalized spacial score (nSPS) is 21.0. The van der Waals surface area contributed by atoms with Crippen molar-refractivity contribution >= 4 is 11.1 Å². The van der Waals surface area contributed by atoms with Gasteiger partial charge in [-0.3, -0.25) is 0 Å². The number of aryl methyl sites for hydroxylation is 1. The number of epoxide rings is 2. The molecule has 0 N–H and O–H groups in total. The predicted molar refractivity (Wildman–Crippen MR) is 136 cm³/mol. The van der Waals surface area contributed by atoms with Gasteiger partial charge in [-0.25, -0.2) is 0 Å². The standard InChI is InChI=1S/C30H36O4/c1-2-3-4-5-6-26-17-25(13-16-30(26)34-21-29-20-33-29)24-9-7-22(8-10-24)23-11-14-27(15-12-23)31-18-28-19-32-28/h7,10-17,28-29H,2-6,8-9,18-21H2,1H3. The summed E-state index contributed by atoms with van der Waals surface area (Å²) < 4.78 is 22.4. The molecule has 2 fully saturated rings. The minimum Gasteiger partial charge on any atom is -0.491 e. The van der Waals surface area contributed by atoms with E-state index in [0.29, 0.717) is 13.2 Å². The number of hydrogen-bond acceptors (Lipinski definition) is 4. The number of ether oxygens (including phenoxy) is 4. The Hall–Kier alpha value is -2.56. The lowest BCUT2D eigenvalue weighted by Gasteiger charge is -2.17. The summed E-state index contributed by atoms with van der Waals surface area (Å²) in [7, 11) is 0. The lowest BCUT2D eigenvalue weighted by atomic mass is 9.89. The van der Waals surface area contributed by atoms with Gasteiger partial charge in [-0.1, -0.05) is 56.5 Å². The Kier molecular flexibility index (Phi) is 7.67. The highest BCUT2D eigenvalue weighted by Gasteiger charge is 2.24. The molecule has 34 heavy (non-hydrogen) atoms. The first kappa shape index (κ1) is 23.2. The van der Waals surface area contributed by atoms with Gasteiger partial charge in [-0.2, -0.15) is 0 Å². The van der Waals surface area contributed by atoms with Gasteiger partial charge < -0.3 is 18.9 Å². The Bertz CT molecular complexity index is 1010. The highest BCUT2D eigenvalue weighted by Crippen LogP contribution is 2.34. The third-order valence-electron chi connectivity index (χ3n) is 6.76. The Labute approximate surface area is 203 Å². The minimum atomic E-state index is 0.282. The van der Waals surface area contributed by atoms with Gasteiger partial charge in [0.2, 0.25) is 0 Å². The van der Waals surface area contributed by atoms with Gasteiger partial charge in [0.05, 0.1) is 13.2 Å². The fraction of sp³-hybridized carbons (Fsp3) is 0.467. The van der Waals surface area contributed by atoms with Crippen molar-refractivity contribution in [2.24, 2.45) is 0 Å². The van der Waals surface area contributed by atoms with Crippen LogP contribution < -0.4 is 9.47 Å². The molecule has 2 aromatic carbocycles. The maximum Gasteiger partial charge on any atom is 0.122 e. The van der Waals surface area contributed by atoms with Crippen LogP contribution >= 0.6 is 0 Å². The monoisotopic (exact) mass is 460 g/mol. The Morgan fingerprint density at radius 2 is 1.41 bits per heavy atom. The summed E-state index contributed by atoms with van der Waals surface area (Å²) in [5.74, 6) is 1.94. The molecule has 5 rings (SSSR count). The van der Waals surface area contributed by atoms with Crippen molar-refractivity contribution in [3.05, 3.63) is 71.3 Å². The molecular formula is C30H36O4. The van der Waals surface area contributed by atoms with Gasteiger partial charge in [0, 0.05) is 0 Å². The molecule has 2 aliphatic heterocycles. The maximum absolute atomic E-state index is 6.11. The van der Waals surface area contributed by atoms with Crippen LogP contribution in [0.3, 0.4) is 0 Å². The number of benzene rings is 2. The van der Waals surface area contributed by atoms with Crippen LogP contribution in [0.25, 0.3) is 11.1 Å². The van der Waals surface area contributed by atoms with Crippen molar-refractivity contribution in [2.75, 3.05) is 26.4 Å². The summed E-state index contributed by atoms with van der Waals surface area (Å²) in [6.45, 7) is 5.22. The Morgan fingerprint density at radius 1 is 0.765 bits per heavy atom. The molecule has 4 heteroatoms. The number of hydrogen-bond donors (Lipinski definition) is 0. The molecule has 3 aliphatic rings. The average Bonchev–Trinajstić information content (AvgIpc) is 3.80. The molecule has 1 aliphatic carbocycles. The molecule has 2 atom stereocenters. The minimum absolute atomic E-state index is 0.282. The molecule has 0 spiro atoms. The molecule has 180 valence electrons. The Balaban J connectivity index is 1.21. The van der Waals surface area contributed by atoms with Crippen molar-refractivity contribution in [3.8, 4) is 11.5 Å². The highest BCUT2D eigenvalue weighted by molar-refractivity contribution is 5.78. The van der Waals surface area contributed by atoms with Gasteiger partial charge in [0.15, 0.2) is 0 Å². The first-order valence-electron chi connectivity index (χ1n) is 12.9. The van der Waals surface area contributed by atoms with E-state index in [1.807, 2.05) is 0 Å². The second-order valence-electron chi connectivity index (χ2n) is 9.56. The average molecular weight is 461 g/mol. The molecule has 2 aromatic rings. The van der Waals surface area contributed by atoms with Gasteiger partial charge in [0.25, 0.3) is 0 Å². The lowest BCUT2D eigenvalue weighted by Crippen LogP contribution is -2.06. The number of rotatable bonds is 13. The van der Waals surface area contributed by atoms with Crippen LogP contribution in [0.15, 0.2) is 54.6 Å². The fourth-order valence-corrected chi connectivity index (χ4v) is 4.43. The van der Waals surface area contributed by atoms with E-state index >= 15 is 0 Å². The third-order valence-corrected chi connectivity index (χ3v) is 6.76. The molecule has 2 heterocycles. The molecule has 4 nitrogen and oxygen atoms in total. The van der Waals surface area contributed by atoms with Crippen LogP contribution in [-0.2, 0) is 15.9 Å². The van der Waals surface area contributed by atoms with E-state index in [1.54, 1.807) is 0 Å². The largest absolute Gasteiger partial charge is 0.491 e. The summed E-state index contributed by atoms with van der Waals surface area (Å²) in [5.41, 5.74) is 6.71. The van der Waals surface area contributed by atoms with E-state index in [0.717, 1.165) is 44.0 Å². The van der Waals surface area contributed by atoms with Gasteiger partial charge in [-0.05, 0) is 77.8 Å². The topological polar surface area (TPSA) is 43.5 Å². The first-order valence-corrected chi connectivity index (χ1v) is 12.9. The van der Waals surface area contributed by atoms with Gasteiger partial charge in [-0.15, -0.1) is 0 Å². The lowest BCUT2D eigenvalue weighted by molar-refractivity contribution is 0.261. The molecule has 0 saturated carbocycles. The second-order valence-corrected chi connectivity index (χ2v) is 9.56. The quantitative estimate of drug-likeness (QED) is 0.249. The van der Waals surface area contributed by atoms with Crippen LogP contribution in [-0.4, -0.2) is 38.6 Å². The van der Waals surface area contributed by atoms with Crippen molar-refractivity contribution in [2.45, 2.75) is 64.1 Å². The van der Waals surface area contributed by atoms with Crippen LogP contribution in [0, 0.1) is 0 Å². The van der Waals surface area contributed by atoms with E-state index in [9.17, 15) is 0 Å². The van der Waals surface area contributed by atoms with Crippen molar-refractivity contribution in [1.29, 1.82) is 0 Å². The fourth-order valence-electron chi connectivity index (χ4n) is 4.43. The molecule has 0 aromatic heterocycles. The zero-order chi connectivity index (χ0) is 23.2. The van der Waals surface area contributed by atoms with Crippen LogP contribution in [0.1, 0.15) is 62.1 Å². The van der Waals surface area contributed by atoms with Crippen molar-refractivity contribution in [3.63, 3.8) is 0 Å². The molecular weight excluding hydrogens is 424 g/mol. The molecule has 2 unspecified atom stereocenters. The van der Waals surface area contributed by atoms with Gasteiger partial charge >= 0.3 is 0 Å². The van der Waals surface area contributed by atoms with E-state index in [-0.39, 0.29) is 12.2 Å². The highest BCUT2D eigenvalue weighted by atomic mass is 16.6. The van der Waals surface area contributed by atoms with Crippen molar-refractivity contribution in [1.82, 2.24) is 0 Å². The third kappa shape index (κ3) is 6.52. The molecule has 2 saturated heterocycles. The molecule has 0 bridgehead atoms. The van der Waals surface area contributed by atoms with Crippen molar-refractivity contribution < 1.29 is 18.9 Å². The van der Waals surface area contributed by atoms with Crippen LogP contribution in [0.5, 0.6) is 11.5 Å². The number of allylic oxidation sites excluding steroid dienone is 4. The Morgan fingerprint density at radius 3 is 2.06 bits per heavy atom. The smallest absolute Gasteiger partial charge is 0.122 e. The van der Waals surface area contributed by atoms with E-state index in [4.69, 9.17) is 18.9 Å². The molecule has 0 amide bonds. The summed E-state index contributed by atoms with van der Waals surface area (Å²) in [6.07, 6.45) is 13.4. The second kappa shape index (κ2) is 11.2. The zero-order valence-corrected chi connectivity index (χ0v) is 20.3. The van der Waals surface area contributed by atoms with Crippen LogP contribution in [0.2, 0.25) is 0 Å². The summed E-state index contributed by atoms with van der Waals surface area (Å²) in [5, 5.41) is 0. The van der Waals surface area contributed by atoms with E-state index < -0.39 is 0 Å². The summed E-state index contributed by atoms with van der Waals surface area (Å²) in [6, 6.07) is 15.2. The van der Waals surface area contributed by atoms with E-state index in [2.05, 4.69) is 61.5 Å².